The molecule has 0 bridgehead atoms. The summed E-state index contributed by atoms with van der Waals surface area (Å²) in [5.74, 6) is 0. The molecule has 0 fully saturated rings. The molecule has 0 heterocycles. The van der Waals surface area contributed by atoms with E-state index in [4.69, 9.17) is 0 Å². The summed E-state index contributed by atoms with van der Waals surface area (Å²) >= 11 is 0. The fraction of sp³-hybridized carbons (Fsp3) is 0.0189. The lowest BCUT2D eigenvalue weighted by Gasteiger charge is -2.34. The second-order valence-electron chi connectivity index (χ2n) is 15.1. The average Bonchev–Trinajstić information content (AvgIpc) is 3.79. The van der Waals surface area contributed by atoms with Crippen molar-refractivity contribution in [3.05, 3.63) is 239 Å². The van der Waals surface area contributed by atoms with Crippen LogP contribution < -0.4 is 42.3 Å². The standard InChI is InChI=1S/C53H36O2P2/c54-56(40-18-5-1-6-19-40,41-20-7-2-8-21-41)49-32-30-37-29-31-47-46-27-15-16-28-48(46)53(34-33-45-39(36-53)35-38-17-13-14-26-44(38)45)51(47)50(37)52(49)57(55,42-22-9-3-10-23-42)43-24-11-4-12-25-43/h1-36H. The highest BCUT2D eigenvalue weighted by molar-refractivity contribution is 7.91. The number of benzene rings is 8. The van der Waals surface area contributed by atoms with E-state index in [1.54, 1.807) is 0 Å². The van der Waals surface area contributed by atoms with Crippen molar-refractivity contribution in [3.63, 3.8) is 0 Å². The molecule has 2 nitrogen and oxygen atoms in total. The van der Waals surface area contributed by atoms with Gasteiger partial charge in [0, 0.05) is 31.8 Å². The highest BCUT2D eigenvalue weighted by atomic mass is 31.2. The highest BCUT2D eigenvalue weighted by Crippen LogP contribution is 2.58. The van der Waals surface area contributed by atoms with Gasteiger partial charge in [-0.3, -0.25) is 0 Å². The zero-order valence-electron chi connectivity index (χ0n) is 31.0. The second-order valence-corrected chi connectivity index (χ2v) is 20.5. The lowest BCUT2D eigenvalue weighted by molar-refractivity contribution is 0.590. The number of allylic oxidation sites excluding steroid dienone is 4. The highest BCUT2D eigenvalue weighted by Gasteiger charge is 2.47. The van der Waals surface area contributed by atoms with Crippen LogP contribution in [-0.2, 0) is 14.5 Å². The molecule has 8 aromatic rings. The van der Waals surface area contributed by atoms with Gasteiger partial charge in [-0.05, 0) is 66.8 Å². The van der Waals surface area contributed by atoms with E-state index < -0.39 is 19.7 Å². The van der Waals surface area contributed by atoms with E-state index in [1.807, 2.05) is 127 Å². The first-order valence-electron chi connectivity index (χ1n) is 19.4. The Labute approximate surface area is 332 Å². The Kier molecular flexibility index (Phi) is 7.67. The summed E-state index contributed by atoms with van der Waals surface area (Å²) in [4.78, 5) is 0. The predicted octanol–water partition coefficient (Wildman–Crippen LogP) is 8.53. The summed E-state index contributed by atoms with van der Waals surface area (Å²) in [6.07, 6.45) is 9.36. The lowest BCUT2D eigenvalue weighted by atomic mass is 9.72. The Hall–Kier alpha value is -6.30. The van der Waals surface area contributed by atoms with Gasteiger partial charge in [-0.2, -0.15) is 0 Å². The van der Waals surface area contributed by atoms with Crippen LogP contribution in [0.1, 0.15) is 11.1 Å². The zero-order valence-corrected chi connectivity index (χ0v) is 32.8. The quantitative estimate of drug-likeness (QED) is 0.159. The van der Waals surface area contributed by atoms with Crippen LogP contribution in [0, 0.1) is 0 Å². The molecular weight excluding hydrogens is 731 g/mol. The van der Waals surface area contributed by atoms with Gasteiger partial charge in [-0.25, -0.2) is 0 Å². The average molecular weight is 767 g/mol. The summed E-state index contributed by atoms with van der Waals surface area (Å²) < 4.78 is 34.1. The summed E-state index contributed by atoms with van der Waals surface area (Å²) in [5.41, 5.74) is 6.18. The van der Waals surface area contributed by atoms with Crippen LogP contribution in [0.15, 0.2) is 218 Å². The molecule has 0 saturated carbocycles. The molecule has 1 spiro atoms. The van der Waals surface area contributed by atoms with Gasteiger partial charge in [0.1, 0.15) is 0 Å². The van der Waals surface area contributed by atoms with E-state index >= 15 is 9.13 Å². The smallest absolute Gasteiger partial charge is 0.172 e. The van der Waals surface area contributed by atoms with Crippen LogP contribution >= 0.6 is 14.3 Å². The minimum atomic E-state index is -3.79. The van der Waals surface area contributed by atoms with Gasteiger partial charge in [0.15, 0.2) is 14.3 Å². The Bertz CT molecular complexity index is 3140. The number of hydrogen-bond donors (Lipinski definition) is 0. The van der Waals surface area contributed by atoms with Gasteiger partial charge in [0.25, 0.3) is 0 Å². The molecule has 57 heavy (non-hydrogen) atoms. The molecular formula is C53H36O2P2. The molecule has 0 amide bonds. The Balaban J connectivity index is 1.36. The molecule has 8 aromatic carbocycles. The van der Waals surface area contributed by atoms with Gasteiger partial charge < -0.3 is 9.13 Å². The van der Waals surface area contributed by atoms with Crippen LogP contribution in [0.4, 0.5) is 0 Å². The zero-order chi connectivity index (χ0) is 38.2. The van der Waals surface area contributed by atoms with Crippen LogP contribution in [0.25, 0.3) is 33.5 Å². The topological polar surface area (TPSA) is 34.1 Å². The van der Waals surface area contributed by atoms with Crippen molar-refractivity contribution in [2.24, 2.45) is 0 Å². The van der Waals surface area contributed by atoms with Gasteiger partial charge in [-0.1, -0.05) is 206 Å². The van der Waals surface area contributed by atoms with Crippen LogP contribution in [0.5, 0.6) is 0 Å². The van der Waals surface area contributed by atoms with Crippen molar-refractivity contribution >= 4 is 68.5 Å². The van der Waals surface area contributed by atoms with Crippen molar-refractivity contribution in [1.82, 2.24) is 0 Å². The summed E-state index contributed by atoms with van der Waals surface area (Å²) in [5, 5.41) is 8.33. The largest absolute Gasteiger partial charge is 0.309 e. The molecule has 3 aliphatic carbocycles. The van der Waals surface area contributed by atoms with E-state index in [2.05, 4.69) is 91.0 Å². The Morgan fingerprint density at radius 3 is 1.61 bits per heavy atom. The molecule has 0 N–H and O–H groups in total. The molecule has 0 radical (unpaired) electrons. The van der Waals surface area contributed by atoms with Gasteiger partial charge in [-0.15, -0.1) is 0 Å². The minimum Gasteiger partial charge on any atom is -0.309 e. The van der Waals surface area contributed by atoms with Crippen molar-refractivity contribution in [3.8, 4) is 11.1 Å². The Morgan fingerprint density at radius 1 is 0.456 bits per heavy atom. The number of rotatable bonds is 6. The maximum Gasteiger partial charge on any atom is 0.172 e. The molecule has 11 rings (SSSR count). The molecule has 3 aliphatic rings. The normalized spacial score (nSPS) is 16.4. The van der Waals surface area contributed by atoms with Crippen molar-refractivity contribution in [2.45, 2.75) is 5.41 Å². The van der Waals surface area contributed by atoms with Crippen molar-refractivity contribution < 1.29 is 9.13 Å². The van der Waals surface area contributed by atoms with Crippen LogP contribution in [0.2, 0.25) is 0 Å². The maximum atomic E-state index is 17.3. The van der Waals surface area contributed by atoms with Gasteiger partial charge >= 0.3 is 0 Å². The molecule has 1 atom stereocenters. The predicted molar refractivity (Wildman–Crippen MR) is 240 cm³/mol. The SMILES string of the molecule is O=P(c1ccccc1)(c1ccccc1)c1ccc2ccc3c(c2c1P(=O)(c1ccccc1)c1ccccc1)C1(C=CC2=c4ccccc4=CC2=C1)c1ccccc1-3. The summed E-state index contributed by atoms with van der Waals surface area (Å²) in [6.45, 7) is 0. The molecule has 0 aromatic heterocycles. The van der Waals surface area contributed by atoms with E-state index in [1.165, 1.54) is 27.1 Å². The number of hydrogen-bond acceptors (Lipinski definition) is 2. The Morgan fingerprint density at radius 2 is 0.982 bits per heavy atom. The second kappa shape index (κ2) is 12.9. The number of fused-ring (bicyclic) bond motifs is 9. The first-order valence-corrected chi connectivity index (χ1v) is 22.8. The lowest BCUT2D eigenvalue weighted by Crippen LogP contribution is -2.40. The third-order valence-corrected chi connectivity index (χ3v) is 18.5. The van der Waals surface area contributed by atoms with Gasteiger partial charge in [0.2, 0.25) is 0 Å². The summed E-state index contributed by atoms with van der Waals surface area (Å²) in [6, 6.07) is 65.1. The van der Waals surface area contributed by atoms with Crippen molar-refractivity contribution in [2.75, 3.05) is 0 Å². The third kappa shape index (κ3) is 4.85. The first kappa shape index (κ1) is 34.0. The molecule has 270 valence electrons. The molecule has 0 saturated heterocycles. The van der Waals surface area contributed by atoms with Crippen LogP contribution in [-0.4, -0.2) is 0 Å². The fourth-order valence-electron chi connectivity index (χ4n) is 9.62. The van der Waals surface area contributed by atoms with E-state index in [0.717, 1.165) is 27.5 Å². The molecule has 1 unspecified atom stereocenters. The summed E-state index contributed by atoms with van der Waals surface area (Å²) in [7, 11) is -7.47. The van der Waals surface area contributed by atoms with Gasteiger partial charge in [0.05, 0.1) is 5.41 Å². The monoisotopic (exact) mass is 766 g/mol. The van der Waals surface area contributed by atoms with Crippen LogP contribution in [0.3, 0.4) is 0 Å². The van der Waals surface area contributed by atoms with E-state index in [-0.39, 0.29) is 0 Å². The van der Waals surface area contributed by atoms with Crippen molar-refractivity contribution in [1.29, 1.82) is 0 Å². The fourth-order valence-corrected chi connectivity index (χ4v) is 16.2. The minimum absolute atomic E-state index is 0.600. The molecule has 0 aliphatic heterocycles. The third-order valence-electron chi connectivity index (χ3n) is 12.1. The molecule has 4 heteroatoms. The van der Waals surface area contributed by atoms with E-state index in [0.29, 0.717) is 31.8 Å². The maximum absolute atomic E-state index is 17.3. The first-order chi connectivity index (χ1) is 28.0. The van der Waals surface area contributed by atoms with E-state index in [9.17, 15) is 0 Å².